The Balaban J connectivity index is 1.74. The van der Waals surface area contributed by atoms with Gasteiger partial charge in [-0.15, -0.1) is 11.3 Å². The zero-order chi connectivity index (χ0) is 22.5. The van der Waals surface area contributed by atoms with Crippen molar-refractivity contribution < 1.29 is 9.53 Å². The highest BCUT2D eigenvalue weighted by Crippen LogP contribution is 2.37. The third-order valence-corrected chi connectivity index (χ3v) is 6.54. The molecule has 1 N–H and O–H groups in total. The quantitative estimate of drug-likeness (QED) is 0.312. The Morgan fingerprint density at radius 3 is 2.72 bits per heavy atom. The summed E-state index contributed by atoms with van der Waals surface area (Å²) >= 11 is 7.81. The van der Waals surface area contributed by atoms with Crippen molar-refractivity contribution in [2.45, 2.75) is 20.0 Å². The van der Waals surface area contributed by atoms with Crippen LogP contribution >= 0.6 is 22.9 Å². The van der Waals surface area contributed by atoms with Gasteiger partial charge in [-0.1, -0.05) is 41.9 Å². The van der Waals surface area contributed by atoms with E-state index in [-0.39, 0.29) is 6.03 Å². The Labute approximate surface area is 197 Å². The van der Waals surface area contributed by atoms with E-state index in [1.807, 2.05) is 12.1 Å². The lowest BCUT2D eigenvalue weighted by molar-refractivity contribution is 0.153. The van der Waals surface area contributed by atoms with Crippen LogP contribution in [0.1, 0.15) is 12.5 Å². The Kier molecular flexibility index (Phi) is 7.15. The fraction of sp³-hybridized carbons (Fsp3) is 0.240. The summed E-state index contributed by atoms with van der Waals surface area (Å²) in [7, 11) is 1.65. The number of thiophene rings is 1. The summed E-state index contributed by atoms with van der Waals surface area (Å²) in [4.78, 5) is 16.2. The number of nitrogens with one attached hydrogen (secondary N) is 1. The Hall–Kier alpha value is -2.80. The first-order valence-corrected chi connectivity index (χ1v) is 11.8. The van der Waals surface area contributed by atoms with E-state index in [2.05, 4.69) is 58.6 Å². The summed E-state index contributed by atoms with van der Waals surface area (Å²) in [5.74, 6) is 0. The average Bonchev–Trinajstić information content (AvgIpc) is 3.42. The molecule has 0 radical (unpaired) electrons. The largest absolute Gasteiger partial charge is 0.383 e. The van der Waals surface area contributed by atoms with E-state index in [0.717, 1.165) is 17.5 Å². The molecule has 166 valence electrons. The van der Waals surface area contributed by atoms with Gasteiger partial charge in [-0.25, -0.2) is 4.79 Å². The van der Waals surface area contributed by atoms with Gasteiger partial charge in [-0.2, -0.15) is 0 Å². The number of aromatic nitrogens is 1. The van der Waals surface area contributed by atoms with E-state index in [0.29, 0.717) is 30.4 Å². The number of carbonyl (C=O) groups excluding carboxylic acids is 1. The number of rotatable bonds is 8. The first-order chi connectivity index (χ1) is 15.6. The van der Waals surface area contributed by atoms with Crippen molar-refractivity contribution in [1.29, 1.82) is 0 Å². The number of nitrogens with zero attached hydrogens (tertiary/aromatic N) is 2. The van der Waals surface area contributed by atoms with Gasteiger partial charge >= 0.3 is 6.03 Å². The van der Waals surface area contributed by atoms with Crippen molar-refractivity contribution in [3.05, 3.63) is 76.6 Å². The molecule has 2 aromatic carbocycles. The third kappa shape index (κ3) is 4.67. The average molecular weight is 468 g/mol. The molecule has 0 aliphatic heterocycles. The molecule has 32 heavy (non-hydrogen) atoms. The zero-order valence-corrected chi connectivity index (χ0v) is 19.7. The third-order valence-electron chi connectivity index (χ3n) is 5.42. The number of urea groups is 1. The maximum absolute atomic E-state index is 13.3. The van der Waals surface area contributed by atoms with E-state index in [1.54, 1.807) is 35.5 Å². The van der Waals surface area contributed by atoms with Crippen molar-refractivity contribution in [3.8, 4) is 10.6 Å². The Bertz CT molecular complexity index is 1200. The number of carbonyl (C=O) groups is 1. The molecule has 0 aliphatic rings. The van der Waals surface area contributed by atoms with Gasteiger partial charge in [0.05, 0.1) is 23.7 Å². The zero-order valence-electron chi connectivity index (χ0n) is 18.2. The Morgan fingerprint density at radius 1 is 1.16 bits per heavy atom. The lowest BCUT2D eigenvalue weighted by atomic mass is 10.1. The molecular weight excluding hydrogens is 442 g/mol. The molecule has 0 unspecified atom stereocenters. The van der Waals surface area contributed by atoms with Crippen molar-refractivity contribution in [2.75, 3.05) is 25.6 Å². The summed E-state index contributed by atoms with van der Waals surface area (Å²) in [5, 5.41) is 6.81. The molecule has 0 fully saturated rings. The summed E-state index contributed by atoms with van der Waals surface area (Å²) in [6.45, 7) is 4.39. The molecule has 0 saturated carbocycles. The molecule has 0 aliphatic carbocycles. The highest BCUT2D eigenvalue weighted by atomic mass is 35.5. The molecule has 0 bridgehead atoms. The summed E-state index contributed by atoms with van der Waals surface area (Å²) in [6.07, 6.45) is 0. The number of amides is 2. The van der Waals surface area contributed by atoms with E-state index in [1.165, 1.54) is 16.1 Å². The van der Waals surface area contributed by atoms with Crippen LogP contribution in [-0.4, -0.2) is 35.8 Å². The van der Waals surface area contributed by atoms with Crippen LogP contribution in [0, 0.1) is 0 Å². The first-order valence-electron chi connectivity index (χ1n) is 10.6. The number of halogens is 1. The molecule has 7 heteroatoms. The minimum atomic E-state index is -0.185. The number of hydrogen-bond acceptors (Lipinski definition) is 3. The molecule has 2 heterocycles. The molecule has 5 nitrogen and oxygen atoms in total. The van der Waals surface area contributed by atoms with Gasteiger partial charge in [-0.05, 0) is 42.6 Å². The van der Waals surface area contributed by atoms with Crippen molar-refractivity contribution in [2.24, 2.45) is 0 Å². The SMILES string of the molecule is CCn1c(-c2cccs2)c(CN(CCOC)C(=O)Nc2cccc(Cl)c2)c2ccccc21. The van der Waals surface area contributed by atoms with E-state index in [4.69, 9.17) is 16.3 Å². The van der Waals surface area contributed by atoms with E-state index >= 15 is 0 Å². The number of ether oxygens (including phenoxy) is 1. The standard InChI is InChI=1S/C25H26ClN3O2S/c1-3-29-22-11-5-4-10-20(22)21(24(29)23-12-7-15-32-23)17-28(13-14-31-2)25(30)27-19-9-6-8-18(26)16-19/h4-12,15-16H,3,13-14,17H2,1-2H3,(H,27,30). The number of anilines is 1. The predicted octanol–water partition coefficient (Wildman–Crippen LogP) is 6.72. The second-order valence-corrected chi connectivity index (χ2v) is 8.80. The second-order valence-electron chi connectivity index (χ2n) is 7.42. The van der Waals surface area contributed by atoms with Gasteiger partial charge in [0.25, 0.3) is 0 Å². The molecule has 2 amide bonds. The smallest absolute Gasteiger partial charge is 0.322 e. The van der Waals surface area contributed by atoms with Gasteiger partial charge in [0.15, 0.2) is 0 Å². The fourth-order valence-corrected chi connectivity index (χ4v) is 4.97. The van der Waals surface area contributed by atoms with Gasteiger partial charge in [0.1, 0.15) is 0 Å². The second kappa shape index (κ2) is 10.2. The van der Waals surface area contributed by atoms with Gasteiger partial charge in [0.2, 0.25) is 0 Å². The number of fused-ring (bicyclic) bond motifs is 1. The maximum atomic E-state index is 13.3. The number of hydrogen-bond donors (Lipinski definition) is 1. The number of aryl methyl sites for hydroxylation is 1. The van der Waals surface area contributed by atoms with Gasteiger partial charge < -0.3 is 19.5 Å². The van der Waals surface area contributed by atoms with Crippen molar-refractivity contribution in [1.82, 2.24) is 9.47 Å². The molecule has 2 aromatic heterocycles. The van der Waals surface area contributed by atoms with Crippen LogP contribution in [0.2, 0.25) is 5.02 Å². The summed E-state index contributed by atoms with van der Waals surface area (Å²) < 4.78 is 7.63. The maximum Gasteiger partial charge on any atom is 0.322 e. The van der Waals surface area contributed by atoms with Crippen LogP contribution in [0.5, 0.6) is 0 Å². The number of methoxy groups -OCH3 is 1. The predicted molar refractivity (Wildman–Crippen MR) is 134 cm³/mol. The lowest BCUT2D eigenvalue weighted by Gasteiger charge is -2.24. The highest BCUT2D eigenvalue weighted by Gasteiger charge is 2.23. The lowest BCUT2D eigenvalue weighted by Crippen LogP contribution is -2.37. The molecule has 0 spiro atoms. The minimum absolute atomic E-state index is 0.185. The van der Waals surface area contributed by atoms with Gasteiger partial charge in [-0.3, -0.25) is 0 Å². The van der Waals surface area contributed by atoms with Crippen LogP contribution in [0.4, 0.5) is 10.5 Å². The molecule has 4 aromatic rings. The van der Waals surface area contributed by atoms with E-state index < -0.39 is 0 Å². The van der Waals surface area contributed by atoms with E-state index in [9.17, 15) is 4.79 Å². The van der Waals surface area contributed by atoms with Crippen molar-refractivity contribution in [3.63, 3.8) is 0 Å². The molecule has 4 rings (SSSR count). The van der Waals surface area contributed by atoms with Crippen LogP contribution < -0.4 is 5.32 Å². The molecular formula is C25H26ClN3O2S. The number of para-hydroxylation sites is 1. The van der Waals surface area contributed by atoms with Crippen molar-refractivity contribution >= 4 is 45.6 Å². The molecule has 0 atom stereocenters. The highest BCUT2D eigenvalue weighted by molar-refractivity contribution is 7.13. The summed E-state index contributed by atoms with van der Waals surface area (Å²) in [6, 6.07) is 19.6. The topological polar surface area (TPSA) is 46.5 Å². The normalized spacial score (nSPS) is 11.1. The first kappa shape index (κ1) is 22.4. The fourth-order valence-electron chi connectivity index (χ4n) is 3.97. The van der Waals surface area contributed by atoms with Gasteiger partial charge in [0, 0.05) is 47.4 Å². The van der Waals surface area contributed by atoms with Crippen LogP contribution in [-0.2, 0) is 17.8 Å². The van der Waals surface area contributed by atoms with Crippen LogP contribution in [0.3, 0.4) is 0 Å². The monoisotopic (exact) mass is 467 g/mol. The Morgan fingerprint density at radius 2 is 2.00 bits per heavy atom. The minimum Gasteiger partial charge on any atom is -0.383 e. The van der Waals surface area contributed by atoms with Crippen LogP contribution in [0.25, 0.3) is 21.5 Å². The number of benzene rings is 2. The van der Waals surface area contributed by atoms with Crippen LogP contribution in [0.15, 0.2) is 66.0 Å². The summed E-state index contributed by atoms with van der Waals surface area (Å²) in [5.41, 5.74) is 4.15. The molecule has 0 saturated heterocycles.